The highest BCUT2D eigenvalue weighted by atomic mass is 15.2. The molecule has 110 valence electrons. The standard InChI is InChI=1S/C17H22N4/c1-4-13-7-5-6-11(2)16(13)21-17-18-12(3)10-15(20-17)19-14-8-9-14/h5-7,10,14H,4,8-9H2,1-3H3,(H2,18,19,20,21). The molecule has 0 amide bonds. The van der Waals surface area contributed by atoms with Crippen LogP contribution in [0.1, 0.15) is 36.6 Å². The fourth-order valence-corrected chi connectivity index (χ4v) is 2.45. The van der Waals surface area contributed by atoms with Crippen molar-refractivity contribution in [3.8, 4) is 0 Å². The molecule has 3 rings (SSSR count). The molecule has 0 bridgehead atoms. The zero-order chi connectivity index (χ0) is 14.8. The SMILES string of the molecule is CCc1cccc(C)c1Nc1nc(C)cc(NC2CC2)n1. The highest BCUT2D eigenvalue weighted by molar-refractivity contribution is 5.64. The minimum atomic E-state index is 0.594. The second-order valence-corrected chi connectivity index (χ2v) is 5.72. The molecule has 0 unspecified atom stereocenters. The van der Waals surface area contributed by atoms with Crippen LogP contribution in [0.15, 0.2) is 24.3 Å². The number of nitrogens with one attached hydrogen (secondary N) is 2. The normalized spacial score (nSPS) is 14.0. The fraction of sp³-hybridized carbons (Fsp3) is 0.412. The maximum absolute atomic E-state index is 4.59. The minimum absolute atomic E-state index is 0.594. The monoisotopic (exact) mass is 282 g/mol. The molecule has 1 saturated carbocycles. The van der Waals surface area contributed by atoms with Gasteiger partial charge in [0.05, 0.1) is 0 Å². The van der Waals surface area contributed by atoms with Gasteiger partial charge in [0, 0.05) is 23.5 Å². The first kappa shape index (κ1) is 13.9. The number of aryl methyl sites for hydroxylation is 3. The number of hydrogen-bond donors (Lipinski definition) is 2. The first-order valence-corrected chi connectivity index (χ1v) is 7.63. The van der Waals surface area contributed by atoms with Crippen LogP contribution in [0.3, 0.4) is 0 Å². The van der Waals surface area contributed by atoms with Gasteiger partial charge in [0.1, 0.15) is 5.82 Å². The molecule has 0 radical (unpaired) electrons. The van der Waals surface area contributed by atoms with Crippen molar-refractivity contribution in [3.63, 3.8) is 0 Å². The van der Waals surface area contributed by atoms with E-state index in [0.717, 1.165) is 23.6 Å². The van der Waals surface area contributed by atoms with Crippen LogP contribution in [0, 0.1) is 13.8 Å². The van der Waals surface area contributed by atoms with Gasteiger partial charge < -0.3 is 10.6 Å². The van der Waals surface area contributed by atoms with Crippen molar-refractivity contribution in [1.82, 2.24) is 9.97 Å². The van der Waals surface area contributed by atoms with Crippen LogP contribution < -0.4 is 10.6 Å². The topological polar surface area (TPSA) is 49.8 Å². The van der Waals surface area contributed by atoms with Gasteiger partial charge in [-0.3, -0.25) is 0 Å². The van der Waals surface area contributed by atoms with E-state index in [2.05, 4.69) is 52.6 Å². The summed E-state index contributed by atoms with van der Waals surface area (Å²) in [6.45, 7) is 6.28. The molecule has 0 atom stereocenters. The van der Waals surface area contributed by atoms with Gasteiger partial charge in [-0.15, -0.1) is 0 Å². The third-order valence-electron chi connectivity index (χ3n) is 3.76. The molecular formula is C17H22N4. The second-order valence-electron chi connectivity index (χ2n) is 5.72. The molecule has 21 heavy (non-hydrogen) atoms. The van der Waals surface area contributed by atoms with E-state index in [9.17, 15) is 0 Å². The number of nitrogens with zero attached hydrogens (tertiary/aromatic N) is 2. The van der Waals surface area contributed by atoms with Crippen LogP contribution in [0.5, 0.6) is 0 Å². The molecule has 1 aromatic carbocycles. The Bertz CT molecular complexity index is 647. The maximum Gasteiger partial charge on any atom is 0.229 e. The Morgan fingerprint density at radius 2 is 2.00 bits per heavy atom. The van der Waals surface area contributed by atoms with Gasteiger partial charge in [-0.2, -0.15) is 4.98 Å². The molecule has 1 aliphatic carbocycles. The lowest BCUT2D eigenvalue weighted by molar-refractivity contribution is 1.05. The third-order valence-corrected chi connectivity index (χ3v) is 3.76. The number of anilines is 3. The summed E-state index contributed by atoms with van der Waals surface area (Å²) in [6.07, 6.45) is 3.47. The summed E-state index contributed by atoms with van der Waals surface area (Å²) in [5.74, 6) is 1.58. The van der Waals surface area contributed by atoms with Gasteiger partial charge in [-0.05, 0) is 44.2 Å². The Morgan fingerprint density at radius 3 is 2.71 bits per heavy atom. The van der Waals surface area contributed by atoms with Crippen molar-refractivity contribution in [1.29, 1.82) is 0 Å². The largest absolute Gasteiger partial charge is 0.367 e. The predicted molar refractivity (Wildman–Crippen MR) is 87.3 cm³/mol. The number of rotatable bonds is 5. The van der Waals surface area contributed by atoms with E-state index >= 15 is 0 Å². The molecule has 2 N–H and O–H groups in total. The highest BCUT2D eigenvalue weighted by Crippen LogP contribution is 2.27. The molecule has 2 aromatic rings. The van der Waals surface area contributed by atoms with E-state index in [1.807, 2.05) is 13.0 Å². The summed E-state index contributed by atoms with van der Waals surface area (Å²) in [4.78, 5) is 9.10. The van der Waals surface area contributed by atoms with Gasteiger partial charge in [-0.25, -0.2) is 4.98 Å². The van der Waals surface area contributed by atoms with Gasteiger partial charge >= 0.3 is 0 Å². The fourth-order valence-electron chi connectivity index (χ4n) is 2.45. The van der Waals surface area contributed by atoms with Crippen molar-refractivity contribution in [2.45, 2.75) is 46.1 Å². The van der Waals surface area contributed by atoms with Crippen LogP contribution >= 0.6 is 0 Å². The van der Waals surface area contributed by atoms with Gasteiger partial charge in [0.15, 0.2) is 0 Å². The van der Waals surface area contributed by atoms with E-state index in [-0.39, 0.29) is 0 Å². The third kappa shape index (κ3) is 3.32. The lowest BCUT2D eigenvalue weighted by Gasteiger charge is -2.14. The van der Waals surface area contributed by atoms with Crippen molar-refractivity contribution in [2.24, 2.45) is 0 Å². The average Bonchev–Trinajstić information content (AvgIpc) is 3.24. The summed E-state index contributed by atoms with van der Waals surface area (Å²) in [5.41, 5.74) is 4.61. The van der Waals surface area contributed by atoms with Gasteiger partial charge in [-0.1, -0.05) is 25.1 Å². The number of benzene rings is 1. The molecule has 4 nitrogen and oxygen atoms in total. The molecule has 1 aliphatic rings. The quantitative estimate of drug-likeness (QED) is 0.871. The van der Waals surface area contributed by atoms with Crippen molar-refractivity contribution < 1.29 is 0 Å². The maximum atomic E-state index is 4.59. The van der Waals surface area contributed by atoms with Crippen LogP contribution in [0.25, 0.3) is 0 Å². The Morgan fingerprint density at radius 1 is 1.19 bits per heavy atom. The van der Waals surface area contributed by atoms with Crippen molar-refractivity contribution >= 4 is 17.5 Å². The van der Waals surface area contributed by atoms with E-state index in [1.54, 1.807) is 0 Å². The number of hydrogen-bond acceptors (Lipinski definition) is 4. The molecular weight excluding hydrogens is 260 g/mol. The first-order chi connectivity index (χ1) is 10.2. The van der Waals surface area contributed by atoms with E-state index < -0.39 is 0 Å². The van der Waals surface area contributed by atoms with Crippen LogP contribution in [0.4, 0.5) is 17.5 Å². The summed E-state index contributed by atoms with van der Waals surface area (Å²) in [7, 11) is 0. The van der Waals surface area contributed by atoms with E-state index in [4.69, 9.17) is 0 Å². The van der Waals surface area contributed by atoms with Crippen LogP contribution in [-0.2, 0) is 6.42 Å². The Hall–Kier alpha value is -2.10. The Balaban J connectivity index is 1.88. The van der Waals surface area contributed by atoms with Gasteiger partial charge in [0.2, 0.25) is 5.95 Å². The Kier molecular flexibility index (Phi) is 3.78. The molecule has 0 spiro atoms. The smallest absolute Gasteiger partial charge is 0.229 e. The number of aromatic nitrogens is 2. The Labute approximate surface area is 126 Å². The van der Waals surface area contributed by atoms with Crippen molar-refractivity contribution in [3.05, 3.63) is 41.1 Å². The van der Waals surface area contributed by atoms with Crippen molar-refractivity contribution in [2.75, 3.05) is 10.6 Å². The van der Waals surface area contributed by atoms with E-state index in [1.165, 1.54) is 24.0 Å². The minimum Gasteiger partial charge on any atom is -0.367 e. The molecule has 1 aromatic heterocycles. The molecule has 1 heterocycles. The molecule has 0 aliphatic heterocycles. The van der Waals surface area contributed by atoms with Gasteiger partial charge in [0.25, 0.3) is 0 Å². The van der Waals surface area contributed by atoms with Crippen LogP contribution in [-0.4, -0.2) is 16.0 Å². The highest BCUT2D eigenvalue weighted by Gasteiger charge is 2.21. The zero-order valence-electron chi connectivity index (χ0n) is 12.9. The predicted octanol–water partition coefficient (Wildman–Crippen LogP) is 3.97. The molecule has 4 heteroatoms. The zero-order valence-corrected chi connectivity index (χ0v) is 12.9. The number of para-hydroxylation sites is 1. The summed E-state index contributed by atoms with van der Waals surface area (Å²) in [6, 6.07) is 8.95. The lowest BCUT2D eigenvalue weighted by Crippen LogP contribution is -2.08. The summed E-state index contributed by atoms with van der Waals surface area (Å²) < 4.78 is 0. The first-order valence-electron chi connectivity index (χ1n) is 7.63. The second kappa shape index (κ2) is 5.72. The van der Waals surface area contributed by atoms with Crippen LogP contribution in [0.2, 0.25) is 0 Å². The average molecular weight is 282 g/mol. The summed E-state index contributed by atoms with van der Waals surface area (Å²) >= 11 is 0. The molecule has 0 saturated heterocycles. The summed E-state index contributed by atoms with van der Waals surface area (Å²) in [5, 5.41) is 6.84. The van der Waals surface area contributed by atoms with E-state index in [0.29, 0.717) is 12.0 Å². The molecule has 1 fully saturated rings. The lowest BCUT2D eigenvalue weighted by atomic mass is 10.1.